The molecule has 2 saturated carbocycles. The van der Waals surface area contributed by atoms with Gasteiger partial charge in [0.05, 0.1) is 11.5 Å². The molecule has 7 heteroatoms. The Morgan fingerprint density at radius 3 is 1.40 bits per heavy atom. The van der Waals surface area contributed by atoms with Gasteiger partial charge in [0.2, 0.25) is 0 Å². The summed E-state index contributed by atoms with van der Waals surface area (Å²) in [4.78, 5) is 0. The van der Waals surface area contributed by atoms with Crippen molar-refractivity contribution >= 4 is 56.2 Å². The normalized spacial score (nSPS) is 36.3. The monoisotopic (exact) mass is 310 g/mol. The summed E-state index contributed by atoms with van der Waals surface area (Å²) in [7, 11) is -3.13. The molecule has 2 aliphatic carbocycles. The lowest BCUT2D eigenvalue weighted by atomic mass is 10.5. The third-order valence-electron chi connectivity index (χ3n) is 2.82. The molecule has 2 atom stereocenters. The van der Waals surface area contributed by atoms with Gasteiger partial charge in [-0.1, -0.05) is 0 Å². The molecule has 0 spiro atoms. The van der Waals surface area contributed by atoms with Crippen LogP contribution < -0.4 is 0 Å². The number of hydrogen-bond acceptors (Lipinski definition) is 2. The van der Waals surface area contributed by atoms with E-state index in [-0.39, 0.29) is 23.3 Å². The maximum Gasteiger partial charge on any atom is 0.151 e. The summed E-state index contributed by atoms with van der Waals surface area (Å²) in [5.41, 5.74) is 0. The highest BCUT2D eigenvalue weighted by atomic mass is 35.5. The molecule has 0 amide bonds. The van der Waals surface area contributed by atoms with Crippen LogP contribution in [0.15, 0.2) is 0 Å². The standard InChI is InChI=1S/C8H10Cl4O2S/c9-7(10)1-5(7)3-15(13,14)4-6-2-8(6,11)12/h5-6H,1-4H2/t5-,6-/m0/s1. The summed E-state index contributed by atoms with van der Waals surface area (Å²) in [6.07, 6.45) is 1.10. The highest BCUT2D eigenvalue weighted by Gasteiger charge is 2.56. The fraction of sp³-hybridized carbons (Fsp3) is 1.00. The van der Waals surface area contributed by atoms with Crippen LogP contribution in [-0.2, 0) is 9.84 Å². The minimum Gasteiger partial charge on any atom is -0.229 e. The van der Waals surface area contributed by atoms with E-state index in [2.05, 4.69) is 0 Å². The average Bonchev–Trinajstić information content (AvgIpc) is 2.72. The molecule has 0 aromatic heterocycles. The molecule has 0 N–H and O–H groups in total. The van der Waals surface area contributed by atoms with Gasteiger partial charge in [0, 0.05) is 11.8 Å². The van der Waals surface area contributed by atoms with Crippen LogP contribution in [0.25, 0.3) is 0 Å². The molecule has 0 radical (unpaired) electrons. The Labute approximate surface area is 109 Å². The Bertz CT molecular complexity index is 346. The quantitative estimate of drug-likeness (QED) is 0.748. The van der Waals surface area contributed by atoms with E-state index in [4.69, 9.17) is 46.4 Å². The van der Waals surface area contributed by atoms with E-state index in [9.17, 15) is 8.42 Å². The highest BCUT2D eigenvalue weighted by molar-refractivity contribution is 7.91. The maximum absolute atomic E-state index is 11.7. The van der Waals surface area contributed by atoms with Crippen molar-refractivity contribution in [2.75, 3.05) is 11.5 Å². The van der Waals surface area contributed by atoms with E-state index in [1.165, 1.54) is 0 Å². The molecule has 0 heterocycles. The van der Waals surface area contributed by atoms with Gasteiger partial charge in [-0.2, -0.15) is 0 Å². The zero-order chi connectivity index (χ0) is 11.5. The van der Waals surface area contributed by atoms with Crippen molar-refractivity contribution in [3.63, 3.8) is 0 Å². The Kier molecular flexibility index (Phi) is 2.97. The van der Waals surface area contributed by atoms with Crippen molar-refractivity contribution in [3.8, 4) is 0 Å². The van der Waals surface area contributed by atoms with Crippen molar-refractivity contribution < 1.29 is 8.42 Å². The van der Waals surface area contributed by atoms with Gasteiger partial charge in [-0.15, -0.1) is 46.4 Å². The van der Waals surface area contributed by atoms with Crippen molar-refractivity contribution in [1.82, 2.24) is 0 Å². The van der Waals surface area contributed by atoms with Crippen LogP contribution in [0.1, 0.15) is 12.8 Å². The smallest absolute Gasteiger partial charge is 0.151 e. The van der Waals surface area contributed by atoms with Crippen LogP contribution in [-0.4, -0.2) is 28.6 Å². The zero-order valence-corrected chi connectivity index (χ0v) is 11.6. The van der Waals surface area contributed by atoms with Crippen LogP contribution in [0.4, 0.5) is 0 Å². The molecule has 2 rings (SSSR count). The van der Waals surface area contributed by atoms with Gasteiger partial charge in [-0.05, 0) is 12.8 Å². The average molecular weight is 312 g/mol. The molecule has 0 aliphatic heterocycles. The van der Waals surface area contributed by atoms with Crippen molar-refractivity contribution in [1.29, 1.82) is 0 Å². The lowest BCUT2D eigenvalue weighted by molar-refractivity contribution is 0.588. The molecular formula is C8H10Cl4O2S. The van der Waals surface area contributed by atoms with Crippen LogP contribution in [0.2, 0.25) is 0 Å². The molecule has 0 aromatic carbocycles. The van der Waals surface area contributed by atoms with Gasteiger partial charge >= 0.3 is 0 Å². The first-order chi connectivity index (χ1) is 6.62. The Balaban J connectivity index is 1.87. The van der Waals surface area contributed by atoms with Crippen LogP contribution in [0.3, 0.4) is 0 Å². The summed E-state index contributed by atoms with van der Waals surface area (Å²) >= 11 is 23.1. The topological polar surface area (TPSA) is 34.1 Å². The van der Waals surface area contributed by atoms with Gasteiger partial charge in [-0.3, -0.25) is 0 Å². The Morgan fingerprint density at radius 1 is 0.933 bits per heavy atom. The largest absolute Gasteiger partial charge is 0.229 e. The minimum absolute atomic E-state index is 0.0420. The molecule has 0 saturated heterocycles. The van der Waals surface area contributed by atoms with Gasteiger partial charge in [0.15, 0.2) is 9.84 Å². The molecular weight excluding hydrogens is 302 g/mol. The molecule has 2 aliphatic rings. The van der Waals surface area contributed by atoms with Gasteiger partial charge in [0.1, 0.15) is 8.67 Å². The molecule has 88 valence electrons. The van der Waals surface area contributed by atoms with E-state index < -0.39 is 18.5 Å². The van der Waals surface area contributed by atoms with E-state index >= 15 is 0 Å². The highest BCUT2D eigenvalue weighted by Crippen LogP contribution is 2.56. The molecule has 2 fully saturated rings. The lowest BCUT2D eigenvalue weighted by Gasteiger charge is -2.04. The van der Waals surface area contributed by atoms with E-state index in [0.717, 1.165) is 0 Å². The maximum atomic E-state index is 11.7. The molecule has 0 unspecified atom stereocenters. The third kappa shape index (κ3) is 3.06. The van der Waals surface area contributed by atoms with E-state index in [0.29, 0.717) is 12.8 Å². The number of rotatable bonds is 4. The fourth-order valence-corrected chi connectivity index (χ4v) is 5.17. The van der Waals surface area contributed by atoms with Crippen LogP contribution >= 0.6 is 46.4 Å². The second-order valence-corrected chi connectivity index (χ2v) is 9.64. The summed E-state index contributed by atoms with van der Waals surface area (Å²) < 4.78 is 21.7. The van der Waals surface area contributed by atoms with Crippen molar-refractivity contribution in [2.24, 2.45) is 11.8 Å². The predicted molar refractivity (Wildman–Crippen MR) is 63.7 cm³/mol. The van der Waals surface area contributed by atoms with Gasteiger partial charge in [0.25, 0.3) is 0 Å². The molecule has 15 heavy (non-hydrogen) atoms. The third-order valence-corrected chi connectivity index (χ3v) is 6.49. The van der Waals surface area contributed by atoms with E-state index in [1.54, 1.807) is 0 Å². The van der Waals surface area contributed by atoms with Gasteiger partial charge in [-0.25, -0.2) is 8.42 Å². The molecule has 2 nitrogen and oxygen atoms in total. The first-order valence-electron chi connectivity index (χ1n) is 4.58. The van der Waals surface area contributed by atoms with Gasteiger partial charge < -0.3 is 0 Å². The summed E-state index contributed by atoms with van der Waals surface area (Å²) in [5, 5.41) is 0. The van der Waals surface area contributed by atoms with E-state index in [1.807, 2.05) is 0 Å². The van der Waals surface area contributed by atoms with Crippen molar-refractivity contribution in [2.45, 2.75) is 21.5 Å². The number of alkyl halides is 4. The Morgan fingerprint density at radius 2 is 1.20 bits per heavy atom. The predicted octanol–water partition coefficient (Wildman–Crippen LogP) is 2.79. The number of hydrogen-bond donors (Lipinski definition) is 0. The first-order valence-corrected chi connectivity index (χ1v) is 7.92. The summed E-state index contributed by atoms with van der Waals surface area (Å²) in [6, 6.07) is 0. The Hall–Kier alpha value is 1.11. The SMILES string of the molecule is O=S(=O)(C[C@@H]1CC1(Cl)Cl)C[C@@H]1CC1(Cl)Cl. The van der Waals surface area contributed by atoms with Crippen LogP contribution in [0, 0.1) is 11.8 Å². The number of sulfone groups is 1. The summed E-state index contributed by atoms with van der Waals surface area (Å²) in [6.45, 7) is 0. The lowest BCUT2D eigenvalue weighted by Crippen LogP contribution is -2.17. The first kappa shape index (κ1) is 12.6. The number of halogens is 4. The minimum atomic E-state index is -3.13. The van der Waals surface area contributed by atoms with Crippen molar-refractivity contribution in [3.05, 3.63) is 0 Å². The molecule has 0 aromatic rings. The zero-order valence-electron chi connectivity index (χ0n) is 7.72. The second-order valence-electron chi connectivity index (χ2n) is 4.40. The second kappa shape index (κ2) is 3.55. The summed E-state index contributed by atoms with van der Waals surface area (Å²) in [5.74, 6) is -0.185. The van der Waals surface area contributed by atoms with Crippen LogP contribution in [0.5, 0.6) is 0 Å². The molecule has 0 bridgehead atoms. The fourth-order valence-electron chi connectivity index (χ4n) is 1.58.